The van der Waals surface area contributed by atoms with Gasteiger partial charge in [0.1, 0.15) is 19.0 Å². The number of rotatable bonds is 13. The maximum atomic E-state index is 12.5. The second kappa shape index (κ2) is 14.8. The first kappa shape index (κ1) is 31.2. The van der Waals surface area contributed by atoms with Gasteiger partial charge >= 0.3 is 29.8 Å². The Bertz CT molecular complexity index is 1330. The van der Waals surface area contributed by atoms with E-state index in [1.807, 2.05) is 0 Å². The fourth-order valence-corrected chi connectivity index (χ4v) is 2.81. The van der Waals surface area contributed by atoms with E-state index in [-0.39, 0.29) is 54.3 Å². The molecule has 0 aromatic heterocycles. The van der Waals surface area contributed by atoms with E-state index in [2.05, 4.69) is 19.7 Å². The zero-order valence-corrected chi connectivity index (χ0v) is 22.6. The number of esters is 5. The molecule has 0 N–H and O–H groups in total. The fourth-order valence-electron chi connectivity index (χ4n) is 2.81. The smallest absolute Gasteiger partial charge is 0.338 e. The summed E-state index contributed by atoms with van der Waals surface area (Å²) in [5.41, 5.74) is 1.89. The van der Waals surface area contributed by atoms with Crippen molar-refractivity contribution in [2.75, 3.05) is 13.2 Å². The molecular weight excluding hydrogens is 520 g/mol. The molecule has 0 aliphatic rings. The first-order valence-electron chi connectivity index (χ1n) is 12.1. The van der Waals surface area contributed by atoms with Crippen molar-refractivity contribution in [3.63, 3.8) is 0 Å². The summed E-state index contributed by atoms with van der Waals surface area (Å²) in [5, 5.41) is 0. The van der Waals surface area contributed by atoms with Crippen LogP contribution in [-0.4, -0.2) is 43.1 Å². The average molecular weight is 551 g/mol. The number of carbonyl (C=O) groups excluding carboxylic acids is 5. The number of hydrogen-bond donors (Lipinski definition) is 0. The van der Waals surface area contributed by atoms with Crippen LogP contribution >= 0.6 is 0 Å². The van der Waals surface area contributed by atoms with Crippen LogP contribution in [-0.2, 0) is 33.4 Å². The van der Waals surface area contributed by atoms with Gasteiger partial charge in [0.2, 0.25) is 0 Å². The molecule has 2 rings (SSSR count). The molecule has 2 aromatic rings. The first-order chi connectivity index (χ1) is 18.9. The molecule has 0 saturated heterocycles. The maximum absolute atomic E-state index is 12.5. The molecule has 40 heavy (non-hydrogen) atoms. The van der Waals surface area contributed by atoms with Gasteiger partial charge < -0.3 is 23.7 Å². The Morgan fingerprint density at radius 1 is 0.575 bits per heavy atom. The van der Waals surface area contributed by atoms with Crippen LogP contribution in [0.5, 0.6) is 17.2 Å². The van der Waals surface area contributed by atoms with E-state index in [1.54, 1.807) is 30.3 Å². The van der Waals surface area contributed by atoms with Crippen molar-refractivity contribution < 1.29 is 47.7 Å². The molecule has 0 atom stereocenters. The zero-order valence-electron chi connectivity index (χ0n) is 22.6. The molecule has 0 bridgehead atoms. The van der Waals surface area contributed by atoms with Gasteiger partial charge in [-0.3, -0.25) is 9.59 Å². The number of benzene rings is 2. The topological polar surface area (TPSA) is 132 Å². The van der Waals surface area contributed by atoms with Crippen LogP contribution in [0.15, 0.2) is 78.9 Å². The Labute approximate surface area is 231 Å². The van der Waals surface area contributed by atoms with Crippen molar-refractivity contribution >= 4 is 29.8 Å². The number of hydrogen-bond acceptors (Lipinski definition) is 10. The lowest BCUT2D eigenvalue weighted by molar-refractivity contribution is -0.144. The lowest BCUT2D eigenvalue weighted by atomic mass is 10.0. The summed E-state index contributed by atoms with van der Waals surface area (Å²) in [5.74, 6) is -3.14. The van der Waals surface area contributed by atoms with Crippen molar-refractivity contribution in [2.45, 2.75) is 33.6 Å². The minimum Gasteiger partial charge on any atom is -0.462 e. The van der Waals surface area contributed by atoms with Gasteiger partial charge in [0.25, 0.3) is 0 Å². The highest BCUT2D eigenvalue weighted by molar-refractivity contribution is 5.89. The molecule has 0 heterocycles. The van der Waals surface area contributed by atoms with Crippen LogP contribution in [0.4, 0.5) is 0 Å². The lowest BCUT2D eigenvalue weighted by Gasteiger charge is -2.13. The minimum absolute atomic E-state index is 0.0562. The SMILES string of the molecule is C=C(C)C(=O)OCCC(=O)Oc1ccc(-c2ccc(OC(=O)C(=C)C)cc2)cc1OC(=O)CCOC(=O)C(=C)C. The number of carbonyl (C=O) groups is 5. The minimum atomic E-state index is -0.749. The van der Waals surface area contributed by atoms with E-state index in [1.165, 1.54) is 32.9 Å². The van der Waals surface area contributed by atoms with E-state index in [0.717, 1.165) is 0 Å². The summed E-state index contributed by atoms with van der Waals surface area (Å²) in [7, 11) is 0. The van der Waals surface area contributed by atoms with E-state index in [9.17, 15) is 24.0 Å². The van der Waals surface area contributed by atoms with E-state index in [4.69, 9.17) is 23.7 Å². The fraction of sp³-hybridized carbons (Fsp3) is 0.233. The third-order valence-corrected chi connectivity index (χ3v) is 4.91. The molecule has 0 amide bonds. The van der Waals surface area contributed by atoms with Crippen molar-refractivity contribution in [2.24, 2.45) is 0 Å². The highest BCUT2D eigenvalue weighted by Crippen LogP contribution is 2.34. The normalized spacial score (nSPS) is 10.1. The largest absolute Gasteiger partial charge is 0.462 e. The Morgan fingerprint density at radius 3 is 1.50 bits per heavy atom. The van der Waals surface area contributed by atoms with Crippen LogP contribution < -0.4 is 14.2 Å². The summed E-state index contributed by atoms with van der Waals surface area (Å²) in [4.78, 5) is 59.6. The van der Waals surface area contributed by atoms with Crippen molar-refractivity contribution in [1.29, 1.82) is 0 Å². The predicted molar refractivity (Wildman–Crippen MR) is 144 cm³/mol. The molecule has 0 unspecified atom stereocenters. The second-order valence-corrected chi connectivity index (χ2v) is 8.64. The molecule has 210 valence electrons. The van der Waals surface area contributed by atoms with Gasteiger partial charge in [-0.05, 0) is 56.2 Å². The molecule has 10 nitrogen and oxygen atoms in total. The Morgan fingerprint density at radius 2 is 1.02 bits per heavy atom. The van der Waals surface area contributed by atoms with E-state index < -0.39 is 29.8 Å². The van der Waals surface area contributed by atoms with Gasteiger partial charge in [0.15, 0.2) is 11.5 Å². The molecule has 0 aliphatic carbocycles. The van der Waals surface area contributed by atoms with Gasteiger partial charge in [-0.2, -0.15) is 0 Å². The molecule has 10 heteroatoms. The second-order valence-electron chi connectivity index (χ2n) is 8.64. The lowest BCUT2D eigenvalue weighted by Crippen LogP contribution is -2.16. The van der Waals surface area contributed by atoms with Crippen molar-refractivity contribution in [1.82, 2.24) is 0 Å². The van der Waals surface area contributed by atoms with Crippen LogP contribution in [0.1, 0.15) is 33.6 Å². The third kappa shape index (κ3) is 10.1. The van der Waals surface area contributed by atoms with Gasteiger partial charge in [0, 0.05) is 16.7 Å². The van der Waals surface area contributed by atoms with Crippen LogP contribution in [0.3, 0.4) is 0 Å². The quantitative estimate of drug-likeness (QED) is 0.197. The molecule has 0 spiro atoms. The Kier molecular flexibility index (Phi) is 11.6. The van der Waals surface area contributed by atoms with Gasteiger partial charge in [0.05, 0.1) is 12.8 Å². The van der Waals surface area contributed by atoms with Crippen LogP contribution in [0.2, 0.25) is 0 Å². The van der Waals surface area contributed by atoms with Crippen LogP contribution in [0.25, 0.3) is 11.1 Å². The summed E-state index contributed by atoms with van der Waals surface area (Å²) in [6.45, 7) is 14.5. The monoisotopic (exact) mass is 550 g/mol. The maximum Gasteiger partial charge on any atom is 0.338 e. The molecule has 0 radical (unpaired) electrons. The molecular formula is C30H30O10. The van der Waals surface area contributed by atoms with Crippen molar-refractivity contribution in [3.05, 3.63) is 78.9 Å². The van der Waals surface area contributed by atoms with E-state index >= 15 is 0 Å². The van der Waals surface area contributed by atoms with E-state index in [0.29, 0.717) is 16.9 Å². The summed E-state index contributed by atoms with van der Waals surface area (Å²) >= 11 is 0. The highest BCUT2D eigenvalue weighted by Gasteiger charge is 2.17. The predicted octanol–water partition coefficient (Wildman–Crippen LogP) is 4.66. The summed E-state index contributed by atoms with van der Waals surface area (Å²) < 4.78 is 25.8. The van der Waals surface area contributed by atoms with Gasteiger partial charge in [-0.25, -0.2) is 14.4 Å². The molecule has 0 fully saturated rings. The van der Waals surface area contributed by atoms with Gasteiger partial charge in [-0.15, -0.1) is 0 Å². The number of ether oxygens (including phenoxy) is 5. The average Bonchev–Trinajstić information content (AvgIpc) is 2.89. The van der Waals surface area contributed by atoms with Crippen LogP contribution in [0, 0.1) is 0 Å². The highest BCUT2D eigenvalue weighted by atomic mass is 16.6. The summed E-state index contributed by atoms with van der Waals surface area (Å²) in [6.07, 6.45) is -0.522. The molecule has 2 aromatic carbocycles. The summed E-state index contributed by atoms with van der Waals surface area (Å²) in [6, 6.07) is 11.1. The molecule has 0 aliphatic heterocycles. The standard InChI is InChI=1S/C30H30O10/c1-18(2)28(33)36-15-13-26(31)39-24-12-9-22(21-7-10-23(11-8-21)38-30(35)20(5)6)17-25(24)40-27(32)14-16-37-29(34)19(3)4/h7-12,17H,1,3,5,13-16H2,2,4,6H3. The first-order valence-corrected chi connectivity index (χ1v) is 12.1. The van der Waals surface area contributed by atoms with Gasteiger partial charge in [-0.1, -0.05) is 37.9 Å². The zero-order chi connectivity index (χ0) is 29.8. The molecule has 0 saturated carbocycles. The Hall–Kier alpha value is -4.99. The van der Waals surface area contributed by atoms with Crippen molar-refractivity contribution in [3.8, 4) is 28.4 Å². The Balaban J connectivity index is 2.21. The third-order valence-electron chi connectivity index (χ3n) is 4.91.